The van der Waals surface area contributed by atoms with Gasteiger partial charge in [-0.2, -0.15) is 5.10 Å². The van der Waals surface area contributed by atoms with Gasteiger partial charge in [0, 0.05) is 36.1 Å². The van der Waals surface area contributed by atoms with Gasteiger partial charge in [-0.25, -0.2) is 9.89 Å². The number of hydrogen-bond donors (Lipinski definition) is 1. The highest BCUT2D eigenvalue weighted by atomic mass is 35.5. The van der Waals surface area contributed by atoms with E-state index in [9.17, 15) is 9.59 Å². The Labute approximate surface area is 179 Å². The molecule has 1 saturated heterocycles. The second kappa shape index (κ2) is 7.76. The Hall–Kier alpha value is -2.86. The Morgan fingerprint density at radius 3 is 2.57 bits per heavy atom. The molecular weight excluding hydrogens is 400 g/mol. The third kappa shape index (κ3) is 3.79. The van der Waals surface area contributed by atoms with Gasteiger partial charge in [0.2, 0.25) is 5.91 Å². The fourth-order valence-corrected chi connectivity index (χ4v) is 4.41. The van der Waals surface area contributed by atoms with Gasteiger partial charge in [0.15, 0.2) is 5.82 Å². The van der Waals surface area contributed by atoms with Crippen molar-refractivity contribution in [3.8, 4) is 22.5 Å². The molecular formula is C23H23ClN4O2. The van der Waals surface area contributed by atoms with Gasteiger partial charge < -0.3 is 4.90 Å². The van der Waals surface area contributed by atoms with E-state index in [1.54, 1.807) is 4.57 Å². The van der Waals surface area contributed by atoms with E-state index in [1.807, 2.05) is 53.4 Å². The summed E-state index contributed by atoms with van der Waals surface area (Å²) in [6, 6.07) is 15.7. The van der Waals surface area contributed by atoms with Crippen molar-refractivity contribution in [2.75, 3.05) is 13.1 Å². The lowest BCUT2D eigenvalue weighted by atomic mass is 10.0. The Bertz CT molecular complexity index is 1130. The summed E-state index contributed by atoms with van der Waals surface area (Å²) in [5.74, 6) is 1.43. The molecule has 1 saturated carbocycles. The standard InChI is InChI=1S/C23H23ClN4O2/c24-20-3-1-2-19(12-20)16-4-6-17(7-5-16)21-25-26-23(30)28(21)14-15-10-11-27(13-15)22(29)18-8-9-18/h1-7,12,15,18H,8-11,13-14H2,(H,26,30). The first-order chi connectivity index (χ1) is 14.6. The van der Waals surface area contributed by atoms with Crippen LogP contribution in [0.2, 0.25) is 5.02 Å². The van der Waals surface area contributed by atoms with Crippen LogP contribution in [0.5, 0.6) is 0 Å². The summed E-state index contributed by atoms with van der Waals surface area (Å²) in [5.41, 5.74) is 2.76. The maximum Gasteiger partial charge on any atom is 0.343 e. The average Bonchev–Trinajstić information content (AvgIpc) is 3.40. The third-order valence-corrected chi connectivity index (χ3v) is 6.26. The normalized spacial score (nSPS) is 18.7. The Morgan fingerprint density at radius 1 is 1.07 bits per heavy atom. The molecule has 154 valence electrons. The number of aromatic amines is 1. The molecule has 30 heavy (non-hydrogen) atoms. The highest BCUT2D eigenvalue weighted by molar-refractivity contribution is 6.30. The molecule has 3 aromatic rings. The summed E-state index contributed by atoms with van der Waals surface area (Å²) in [7, 11) is 0. The monoisotopic (exact) mass is 422 g/mol. The number of likely N-dealkylation sites (tertiary alicyclic amines) is 1. The number of nitrogens with zero attached hydrogens (tertiary/aromatic N) is 3. The van der Waals surface area contributed by atoms with Gasteiger partial charge in [0.1, 0.15) is 0 Å². The molecule has 0 bridgehead atoms. The summed E-state index contributed by atoms with van der Waals surface area (Å²) in [6.07, 6.45) is 2.97. The van der Waals surface area contributed by atoms with E-state index in [0.717, 1.165) is 49.0 Å². The van der Waals surface area contributed by atoms with Crippen molar-refractivity contribution in [3.05, 3.63) is 64.0 Å². The minimum Gasteiger partial charge on any atom is -0.342 e. The van der Waals surface area contributed by atoms with Gasteiger partial charge in [-0.05, 0) is 48.4 Å². The molecule has 1 aromatic heterocycles. The van der Waals surface area contributed by atoms with E-state index in [4.69, 9.17) is 11.6 Å². The number of rotatable bonds is 5. The zero-order valence-electron chi connectivity index (χ0n) is 16.6. The van der Waals surface area contributed by atoms with Gasteiger partial charge in [-0.3, -0.25) is 9.36 Å². The number of nitrogens with one attached hydrogen (secondary N) is 1. The first-order valence-corrected chi connectivity index (χ1v) is 10.8. The van der Waals surface area contributed by atoms with E-state index in [0.29, 0.717) is 17.4 Å². The van der Waals surface area contributed by atoms with E-state index >= 15 is 0 Å². The minimum atomic E-state index is -0.212. The van der Waals surface area contributed by atoms with E-state index < -0.39 is 0 Å². The van der Waals surface area contributed by atoms with Gasteiger partial charge in [0.25, 0.3) is 0 Å². The van der Waals surface area contributed by atoms with E-state index in [2.05, 4.69) is 10.2 Å². The van der Waals surface area contributed by atoms with Crippen molar-refractivity contribution in [2.45, 2.75) is 25.8 Å². The lowest BCUT2D eigenvalue weighted by Crippen LogP contribution is -2.31. The number of carbonyl (C=O) groups is 1. The maximum atomic E-state index is 12.4. The number of hydrogen-bond acceptors (Lipinski definition) is 3. The molecule has 2 aliphatic rings. The largest absolute Gasteiger partial charge is 0.343 e. The molecule has 5 rings (SSSR count). The number of H-pyrrole nitrogens is 1. The molecule has 2 heterocycles. The van der Waals surface area contributed by atoms with Crippen molar-refractivity contribution >= 4 is 17.5 Å². The lowest BCUT2D eigenvalue weighted by Gasteiger charge is -2.16. The van der Waals surface area contributed by atoms with Crippen LogP contribution in [-0.4, -0.2) is 38.7 Å². The Balaban J connectivity index is 1.34. The predicted molar refractivity (Wildman–Crippen MR) is 116 cm³/mol. The summed E-state index contributed by atoms with van der Waals surface area (Å²) >= 11 is 6.10. The first-order valence-electron chi connectivity index (χ1n) is 10.4. The van der Waals surface area contributed by atoms with Crippen molar-refractivity contribution in [2.24, 2.45) is 11.8 Å². The number of amides is 1. The molecule has 0 spiro atoms. The topological polar surface area (TPSA) is 71.0 Å². The average molecular weight is 423 g/mol. The van der Waals surface area contributed by atoms with Crippen LogP contribution >= 0.6 is 11.6 Å². The van der Waals surface area contributed by atoms with Crippen molar-refractivity contribution in [3.63, 3.8) is 0 Å². The van der Waals surface area contributed by atoms with Gasteiger partial charge in [-0.15, -0.1) is 0 Å². The van der Waals surface area contributed by atoms with Crippen LogP contribution in [0.4, 0.5) is 0 Å². The fourth-order valence-electron chi connectivity index (χ4n) is 4.22. The first kappa shape index (κ1) is 19.1. The van der Waals surface area contributed by atoms with Crippen LogP contribution in [0.25, 0.3) is 22.5 Å². The van der Waals surface area contributed by atoms with E-state index in [1.165, 1.54) is 0 Å². The molecule has 1 aliphatic heterocycles. The molecule has 1 atom stereocenters. The quantitative estimate of drug-likeness (QED) is 0.679. The molecule has 1 amide bonds. The van der Waals surface area contributed by atoms with Gasteiger partial charge in [-0.1, -0.05) is 48.0 Å². The smallest absolute Gasteiger partial charge is 0.342 e. The lowest BCUT2D eigenvalue weighted by molar-refractivity contribution is -0.131. The molecule has 6 nitrogen and oxygen atoms in total. The number of carbonyl (C=O) groups excluding carboxylic acids is 1. The van der Waals surface area contributed by atoms with Crippen LogP contribution in [0.15, 0.2) is 53.3 Å². The van der Waals surface area contributed by atoms with Crippen molar-refractivity contribution in [1.29, 1.82) is 0 Å². The third-order valence-electron chi connectivity index (χ3n) is 6.02. The second-order valence-electron chi connectivity index (χ2n) is 8.26. The second-order valence-corrected chi connectivity index (χ2v) is 8.70. The highest BCUT2D eigenvalue weighted by Crippen LogP contribution is 2.33. The Kier molecular flexibility index (Phi) is 4.95. The number of aromatic nitrogens is 3. The fraction of sp³-hybridized carbons (Fsp3) is 0.348. The number of benzene rings is 2. The van der Waals surface area contributed by atoms with E-state index in [-0.39, 0.29) is 23.4 Å². The molecule has 2 aromatic carbocycles. The zero-order valence-corrected chi connectivity index (χ0v) is 17.3. The molecule has 2 fully saturated rings. The SMILES string of the molecule is O=C(C1CC1)N1CCC(Cn2c(-c3ccc(-c4cccc(Cl)c4)cc3)n[nH]c2=O)C1. The van der Waals surface area contributed by atoms with Crippen LogP contribution in [0.1, 0.15) is 19.3 Å². The van der Waals surface area contributed by atoms with Crippen LogP contribution in [0.3, 0.4) is 0 Å². The summed E-state index contributed by atoms with van der Waals surface area (Å²) in [5, 5.41) is 7.54. The summed E-state index contributed by atoms with van der Waals surface area (Å²) in [6.45, 7) is 2.07. The van der Waals surface area contributed by atoms with Crippen LogP contribution < -0.4 is 5.69 Å². The molecule has 1 unspecified atom stereocenters. The predicted octanol–water partition coefficient (Wildman–Crippen LogP) is 3.82. The number of halogens is 1. The van der Waals surface area contributed by atoms with Crippen molar-refractivity contribution in [1.82, 2.24) is 19.7 Å². The van der Waals surface area contributed by atoms with Gasteiger partial charge in [0.05, 0.1) is 0 Å². The molecule has 1 N–H and O–H groups in total. The summed E-state index contributed by atoms with van der Waals surface area (Å²) < 4.78 is 1.70. The zero-order chi connectivity index (χ0) is 20.7. The maximum absolute atomic E-state index is 12.4. The van der Waals surface area contributed by atoms with Crippen molar-refractivity contribution < 1.29 is 4.79 Å². The molecule has 0 radical (unpaired) electrons. The molecule has 7 heteroatoms. The van der Waals surface area contributed by atoms with Gasteiger partial charge >= 0.3 is 5.69 Å². The minimum absolute atomic E-state index is 0.212. The van der Waals surface area contributed by atoms with Crippen LogP contribution in [-0.2, 0) is 11.3 Å². The Morgan fingerprint density at radius 2 is 1.83 bits per heavy atom. The highest BCUT2D eigenvalue weighted by Gasteiger charge is 2.36. The molecule has 1 aliphatic carbocycles. The van der Waals surface area contributed by atoms with Crippen LogP contribution in [0, 0.1) is 11.8 Å². The summed E-state index contributed by atoms with van der Waals surface area (Å²) in [4.78, 5) is 26.7.